The van der Waals surface area contributed by atoms with Crippen LogP contribution in [0, 0.1) is 10.1 Å². The van der Waals surface area contributed by atoms with E-state index in [1.54, 1.807) is 6.07 Å². The molecule has 0 atom stereocenters. The first-order valence-corrected chi connectivity index (χ1v) is 8.66. The first-order chi connectivity index (χ1) is 12.3. The molecular formula is C16H12N4NaO5S+. The van der Waals surface area contributed by atoms with Crippen molar-refractivity contribution >= 4 is 43.6 Å². The summed E-state index contributed by atoms with van der Waals surface area (Å²) in [5.74, 6) is 0. The summed E-state index contributed by atoms with van der Waals surface area (Å²) < 4.78 is 32.2. The van der Waals surface area contributed by atoms with E-state index in [4.69, 9.17) is 5.73 Å². The number of azo groups is 1. The molecule has 0 unspecified atom stereocenters. The predicted octanol–water partition coefficient (Wildman–Crippen LogP) is 0.996. The number of hydrogen-bond acceptors (Lipinski definition) is 7. The summed E-state index contributed by atoms with van der Waals surface area (Å²) in [5.41, 5.74) is 6.86. The molecular weight excluding hydrogens is 383 g/mol. The smallest absolute Gasteiger partial charge is 0.396 e. The topological polar surface area (TPSA) is 148 Å². The number of rotatable bonds is 4. The number of nitrogens with two attached hydrogens (primary N) is 1. The van der Waals surface area contributed by atoms with Gasteiger partial charge in [0, 0.05) is 22.9 Å². The van der Waals surface area contributed by atoms with E-state index >= 15 is 0 Å². The minimum Gasteiger partial charge on any atom is -0.396 e. The zero-order valence-corrected chi connectivity index (χ0v) is 16.9. The molecule has 0 aliphatic rings. The molecule has 0 aliphatic carbocycles. The standard InChI is InChI=1S/C16H12N4O5S.Na/c17-16-13-2-1-3-15(26(23,24)25)12(13)8-9-14(16)19-18-10-4-6-11(7-5-10)20(21)22;/h1-9H,17H2,(H,23,24,25);/q;+1. The van der Waals surface area contributed by atoms with E-state index in [1.165, 1.54) is 48.5 Å². The van der Waals surface area contributed by atoms with Gasteiger partial charge in [-0.1, -0.05) is 18.2 Å². The van der Waals surface area contributed by atoms with Gasteiger partial charge in [0.1, 0.15) is 10.6 Å². The number of anilines is 1. The van der Waals surface area contributed by atoms with Crippen LogP contribution in [0.4, 0.5) is 22.7 Å². The molecule has 0 fully saturated rings. The van der Waals surface area contributed by atoms with Crippen molar-refractivity contribution in [1.82, 2.24) is 0 Å². The van der Waals surface area contributed by atoms with Gasteiger partial charge in [-0.15, -0.1) is 5.11 Å². The molecule has 0 saturated heterocycles. The van der Waals surface area contributed by atoms with Crippen LogP contribution in [-0.2, 0) is 10.1 Å². The maximum absolute atomic E-state index is 11.5. The number of benzene rings is 3. The van der Waals surface area contributed by atoms with Crippen molar-refractivity contribution in [1.29, 1.82) is 0 Å². The fraction of sp³-hybridized carbons (Fsp3) is 0. The first kappa shape index (κ1) is 20.9. The Hall–Kier alpha value is -2.37. The van der Waals surface area contributed by atoms with Crippen LogP contribution in [0.5, 0.6) is 0 Å². The predicted molar refractivity (Wildman–Crippen MR) is 95.4 cm³/mol. The van der Waals surface area contributed by atoms with E-state index < -0.39 is 15.0 Å². The second kappa shape index (κ2) is 8.11. The van der Waals surface area contributed by atoms with Gasteiger partial charge in [0.25, 0.3) is 15.8 Å². The van der Waals surface area contributed by atoms with Crippen LogP contribution in [0.25, 0.3) is 10.8 Å². The molecule has 3 aromatic rings. The Kier molecular flexibility index (Phi) is 6.29. The summed E-state index contributed by atoms with van der Waals surface area (Å²) in [6.45, 7) is 0. The third-order valence-corrected chi connectivity index (χ3v) is 4.56. The van der Waals surface area contributed by atoms with Crippen LogP contribution in [0.1, 0.15) is 0 Å². The molecule has 3 rings (SSSR count). The van der Waals surface area contributed by atoms with E-state index in [0.29, 0.717) is 16.8 Å². The van der Waals surface area contributed by atoms with Gasteiger partial charge < -0.3 is 5.73 Å². The summed E-state index contributed by atoms with van der Waals surface area (Å²) in [6.07, 6.45) is 0. The molecule has 27 heavy (non-hydrogen) atoms. The van der Waals surface area contributed by atoms with Gasteiger partial charge in [0.15, 0.2) is 0 Å². The molecule has 0 heterocycles. The Bertz CT molecular complexity index is 1150. The van der Waals surface area contributed by atoms with Crippen molar-refractivity contribution < 1.29 is 47.5 Å². The van der Waals surface area contributed by atoms with Gasteiger partial charge in [0.05, 0.1) is 16.3 Å². The number of nitro benzene ring substituents is 1. The molecule has 0 amide bonds. The number of fused-ring (bicyclic) bond motifs is 1. The van der Waals surface area contributed by atoms with E-state index in [9.17, 15) is 23.1 Å². The SMILES string of the molecule is Nc1c(N=Nc2ccc([N+](=O)[O-])cc2)ccc2c(S(=O)(=O)O)cccc12.[Na+]. The van der Waals surface area contributed by atoms with Crippen molar-refractivity contribution in [2.45, 2.75) is 4.90 Å². The Morgan fingerprint density at radius 2 is 1.63 bits per heavy atom. The van der Waals surface area contributed by atoms with Gasteiger partial charge >= 0.3 is 29.6 Å². The summed E-state index contributed by atoms with van der Waals surface area (Å²) >= 11 is 0. The Morgan fingerprint density at radius 1 is 0.963 bits per heavy atom. The minimum atomic E-state index is -4.39. The van der Waals surface area contributed by atoms with Crippen LogP contribution < -0.4 is 35.3 Å². The van der Waals surface area contributed by atoms with Crippen molar-refractivity contribution in [2.75, 3.05) is 5.73 Å². The molecule has 132 valence electrons. The zero-order valence-electron chi connectivity index (χ0n) is 14.1. The monoisotopic (exact) mass is 395 g/mol. The van der Waals surface area contributed by atoms with Crippen molar-refractivity contribution in [3.8, 4) is 0 Å². The summed E-state index contributed by atoms with van der Waals surface area (Å²) in [7, 11) is -4.39. The number of nitrogen functional groups attached to an aromatic ring is 1. The second-order valence-electron chi connectivity index (χ2n) is 5.30. The van der Waals surface area contributed by atoms with E-state index in [1.807, 2.05) is 0 Å². The van der Waals surface area contributed by atoms with Crippen LogP contribution in [0.3, 0.4) is 0 Å². The third-order valence-electron chi connectivity index (χ3n) is 3.65. The quantitative estimate of drug-likeness (QED) is 0.168. The molecule has 0 radical (unpaired) electrons. The van der Waals surface area contributed by atoms with E-state index in [-0.39, 0.29) is 51.2 Å². The average Bonchev–Trinajstić information content (AvgIpc) is 2.60. The van der Waals surface area contributed by atoms with Gasteiger partial charge in [-0.05, 0) is 24.3 Å². The fourth-order valence-corrected chi connectivity index (χ4v) is 3.11. The number of nitro groups is 1. The van der Waals surface area contributed by atoms with Crippen LogP contribution in [0.15, 0.2) is 69.7 Å². The Balaban J connectivity index is 0.00000261. The zero-order chi connectivity index (χ0) is 18.9. The average molecular weight is 395 g/mol. The number of hydrogen-bond donors (Lipinski definition) is 2. The van der Waals surface area contributed by atoms with E-state index in [0.717, 1.165) is 0 Å². The largest absolute Gasteiger partial charge is 1.00 e. The number of nitrogens with zero attached hydrogens (tertiary/aromatic N) is 3. The molecule has 11 heteroatoms. The second-order valence-corrected chi connectivity index (χ2v) is 6.69. The molecule has 3 aromatic carbocycles. The third kappa shape index (κ3) is 4.49. The molecule has 0 aliphatic heterocycles. The summed E-state index contributed by atoms with van der Waals surface area (Å²) in [4.78, 5) is 9.86. The molecule has 0 spiro atoms. The first-order valence-electron chi connectivity index (χ1n) is 7.22. The molecule has 0 aromatic heterocycles. The maximum atomic E-state index is 11.5. The molecule has 9 nitrogen and oxygen atoms in total. The van der Waals surface area contributed by atoms with Gasteiger partial charge in [0.2, 0.25) is 0 Å². The fourth-order valence-electron chi connectivity index (χ4n) is 2.41. The Labute approximate surface area is 176 Å². The van der Waals surface area contributed by atoms with Crippen molar-refractivity contribution in [2.24, 2.45) is 10.2 Å². The van der Waals surface area contributed by atoms with Crippen molar-refractivity contribution in [3.63, 3.8) is 0 Å². The van der Waals surface area contributed by atoms with Crippen LogP contribution >= 0.6 is 0 Å². The van der Waals surface area contributed by atoms with Gasteiger partial charge in [-0.2, -0.15) is 13.5 Å². The van der Waals surface area contributed by atoms with Gasteiger partial charge in [-0.3, -0.25) is 14.7 Å². The van der Waals surface area contributed by atoms with Crippen molar-refractivity contribution in [3.05, 3.63) is 64.7 Å². The van der Waals surface area contributed by atoms with E-state index in [2.05, 4.69) is 10.2 Å². The summed E-state index contributed by atoms with van der Waals surface area (Å²) in [6, 6.07) is 12.8. The molecule has 3 N–H and O–H groups in total. The summed E-state index contributed by atoms with van der Waals surface area (Å²) in [5, 5.41) is 19.3. The van der Waals surface area contributed by atoms with Crippen LogP contribution in [0.2, 0.25) is 0 Å². The normalized spacial score (nSPS) is 11.4. The Morgan fingerprint density at radius 3 is 2.22 bits per heavy atom. The van der Waals surface area contributed by atoms with Crippen LogP contribution in [-0.4, -0.2) is 17.9 Å². The maximum Gasteiger partial charge on any atom is 1.00 e. The van der Waals surface area contributed by atoms with Gasteiger partial charge in [-0.25, -0.2) is 0 Å². The minimum absolute atomic E-state index is 0. The number of non-ortho nitro benzene ring substituents is 1. The molecule has 0 saturated carbocycles. The molecule has 0 bridgehead atoms.